The number of hydrogen-bond acceptors (Lipinski definition) is 5. The van der Waals surface area contributed by atoms with Gasteiger partial charge >= 0.3 is 0 Å². The summed E-state index contributed by atoms with van der Waals surface area (Å²) in [6, 6.07) is 4.56. The van der Waals surface area contributed by atoms with E-state index in [1.165, 1.54) is 12.1 Å². The molecule has 0 aromatic heterocycles. The lowest BCUT2D eigenvalue weighted by molar-refractivity contribution is 0.0311. The molecule has 1 fully saturated rings. The molecule has 9 heteroatoms. The van der Waals surface area contributed by atoms with Gasteiger partial charge in [-0.05, 0) is 12.1 Å². The maximum absolute atomic E-state index is 12.5. The molecule has 0 saturated carbocycles. The minimum Gasteiger partial charge on any atom is -0.396 e. The van der Waals surface area contributed by atoms with E-state index in [1.807, 2.05) is 6.07 Å². The Labute approximate surface area is 126 Å². The first-order valence-corrected chi connectivity index (χ1v) is 7.82. The molecule has 1 aliphatic rings. The average molecular weight is 336 g/mol. The van der Waals surface area contributed by atoms with E-state index in [2.05, 4.69) is 0 Å². The maximum Gasteiger partial charge on any atom is 0.244 e. The molecule has 2 rings (SSSR count). The van der Waals surface area contributed by atoms with Gasteiger partial charge in [0, 0.05) is 6.54 Å². The van der Waals surface area contributed by atoms with Gasteiger partial charge in [0.2, 0.25) is 10.0 Å². The van der Waals surface area contributed by atoms with E-state index in [-0.39, 0.29) is 40.3 Å². The van der Waals surface area contributed by atoms with E-state index in [9.17, 15) is 8.42 Å². The first-order chi connectivity index (χ1) is 9.37. The van der Waals surface area contributed by atoms with Crippen molar-refractivity contribution in [1.29, 1.82) is 5.26 Å². The van der Waals surface area contributed by atoms with Crippen LogP contribution in [0.5, 0.6) is 0 Å². The molecule has 1 aromatic carbocycles. The van der Waals surface area contributed by atoms with Crippen LogP contribution in [-0.4, -0.2) is 38.5 Å². The highest BCUT2D eigenvalue weighted by Gasteiger charge is 2.32. The molecule has 20 heavy (non-hydrogen) atoms. The zero-order valence-corrected chi connectivity index (χ0v) is 12.5. The summed E-state index contributed by atoms with van der Waals surface area (Å²) in [6.07, 6.45) is -0.790. The van der Waals surface area contributed by atoms with Crippen molar-refractivity contribution in [2.75, 3.05) is 25.4 Å². The fourth-order valence-corrected chi connectivity index (χ4v) is 3.97. The highest BCUT2D eigenvalue weighted by atomic mass is 35.5. The van der Waals surface area contributed by atoms with Gasteiger partial charge in [-0.2, -0.15) is 9.57 Å². The molecule has 0 radical (unpaired) electrons. The van der Waals surface area contributed by atoms with Gasteiger partial charge < -0.3 is 10.5 Å². The summed E-state index contributed by atoms with van der Waals surface area (Å²) in [6.45, 7) is 0.259. The van der Waals surface area contributed by atoms with E-state index in [4.69, 9.17) is 38.9 Å². The zero-order valence-electron chi connectivity index (χ0n) is 10.2. The number of halogens is 2. The number of nitrogens with two attached hydrogens (primary N) is 1. The molecule has 1 saturated heterocycles. The van der Waals surface area contributed by atoms with E-state index in [1.54, 1.807) is 0 Å². The molecule has 1 aromatic rings. The zero-order chi connectivity index (χ0) is 14.9. The van der Waals surface area contributed by atoms with Crippen LogP contribution in [0, 0.1) is 11.3 Å². The normalized spacial score (nSPS) is 20.6. The molecule has 108 valence electrons. The number of morpholine rings is 1. The van der Waals surface area contributed by atoms with Crippen LogP contribution in [0.15, 0.2) is 17.0 Å². The van der Waals surface area contributed by atoms with Crippen molar-refractivity contribution >= 4 is 38.9 Å². The smallest absolute Gasteiger partial charge is 0.244 e. The van der Waals surface area contributed by atoms with Crippen LogP contribution in [0.4, 0.5) is 5.69 Å². The summed E-state index contributed by atoms with van der Waals surface area (Å²) in [5, 5.41) is 8.89. The van der Waals surface area contributed by atoms with Crippen molar-refractivity contribution in [3.63, 3.8) is 0 Å². The summed E-state index contributed by atoms with van der Waals surface area (Å²) in [5.41, 5.74) is 5.65. The third kappa shape index (κ3) is 2.71. The molecule has 0 spiro atoms. The minimum atomic E-state index is -3.84. The predicted molar refractivity (Wildman–Crippen MR) is 75.0 cm³/mol. The SMILES string of the molecule is N#CC1CN(S(=O)(=O)c2ccc(Cl)c(N)c2Cl)CCO1. The highest BCUT2D eigenvalue weighted by molar-refractivity contribution is 7.89. The van der Waals surface area contributed by atoms with Crippen molar-refractivity contribution < 1.29 is 13.2 Å². The number of rotatable bonds is 2. The van der Waals surface area contributed by atoms with Crippen LogP contribution in [0.3, 0.4) is 0 Å². The Hall–Kier alpha value is -1.04. The van der Waals surface area contributed by atoms with E-state index in [0.29, 0.717) is 0 Å². The number of benzene rings is 1. The lowest BCUT2D eigenvalue weighted by atomic mass is 10.3. The number of hydrogen-bond donors (Lipinski definition) is 1. The summed E-state index contributed by atoms with van der Waals surface area (Å²) in [4.78, 5) is -0.125. The summed E-state index contributed by atoms with van der Waals surface area (Å²) < 4.78 is 31.3. The van der Waals surface area contributed by atoms with Crippen molar-refractivity contribution in [2.45, 2.75) is 11.0 Å². The fourth-order valence-electron chi connectivity index (χ4n) is 1.81. The summed E-state index contributed by atoms with van der Waals surface area (Å²) in [7, 11) is -3.84. The second-order valence-electron chi connectivity index (χ2n) is 4.12. The fraction of sp³-hybridized carbons (Fsp3) is 0.364. The number of nitriles is 1. The highest BCUT2D eigenvalue weighted by Crippen LogP contribution is 2.34. The minimum absolute atomic E-state index is 0.0134. The van der Waals surface area contributed by atoms with Gasteiger partial charge in [-0.3, -0.25) is 0 Å². The first-order valence-electron chi connectivity index (χ1n) is 5.62. The molecule has 1 unspecified atom stereocenters. The molecular weight excluding hydrogens is 325 g/mol. The molecule has 0 bridgehead atoms. The van der Waals surface area contributed by atoms with Crippen LogP contribution in [-0.2, 0) is 14.8 Å². The van der Waals surface area contributed by atoms with Gasteiger partial charge in [-0.15, -0.1) is 0 Å². The molecule has 1 atom stereocenters. The van der Waals surface area contributed by atoms with Crippen molar-refractivity contribution in [1.82, 2.24) is 4.31 Å². The van der Waals surface area contributed by atoms with Crippen LogP contribution in [0.25, 0.3) is 0 Å². The lowest BCUT2D eigenvalue weighted by Crippen LogP contribution is -2.45. The number of nitrogens with zero attached hydrogens (tertiary/aromatic N) is 2. The average Bonchev–Trinajstić information content (AvgIpc) is 2.44. The Kier molecular flexibility index (Phi) is 4.42. The first kappa shape index (κ1) is 15.4. The Bertz CT molecular complexity index is 672. The second-order valence-corrected chi connectivity index (χ2v) is 6.82. The standard InChI is InChI=1S/C11H11Cl2N3O3S/c12-8-1-2-9(10(13)11(8)15)20(17,18)16-3-4-19-7(5-14)6-16/h1-2,7H,3-4,6,15H2. The van der Waals surface area contributed by atoms with Crippen LogP contribution in [0.1, 0.15) is 0 Å². The molecule has 1 heterocycles. The third-order valence-electron chi connectivity index (χ3n) is 2.88. The van der Waals surface area contributed by atoms with Crippen LogP contribution < -0.4 is 5.73 Å². The van der Waals surface area contributed by atoms with Gasteiger partial charge in [0.25, 0.3) is 0 Å². The van der Waals surface area contributed by atoms with Gasteiger partial charge in [0.15, 0.2) is 6.10 Å². The molecule has 6 nitrogen and oxygen atoms in total. The maximum atomic E-state index is 12.5. The van der Waals surface area contributed by atoms with Gasteiger partial charge in [0.1, 0.15) is 4.90 Å². The Morgan fingerprint density at radius 3 is 2.80 bits per heavy atom. The third-order valence-corrected chi connectivity index (χ3v) is 5.64. The van der Waals surface area contributed by atoms with E-state index < -0.39 is 16.1 Å². The number of anilines is 1. The van der Waals surface area contributed by atoms with Gasteiger partial charge in [-0.1, -0.05) is 23.2 Å². The Morgan fingerprint density at radius 1 is 1.45 bits per heavy atom. The van der Waals surface area contributed by atoms with Gasteiger partial charge in [-0.25, -0.2) is 8.42 Å². The van der Waals surface area contributed by atoms with Crippen molar-refractivity contribution in [3.8, 4) is 6.07 Å². The number of sulfonamides is 1. The largest absolute Gasteiger partial charge is 0.396 e. The van der Waals surface area contributed by atoms with Crippen LogP contribution in [0.2, 0.25) is 10.0 Å². The molecule has 0 amide bonds. The van der Waals surface area contributed by atoms with Gasteiger partial charge in [0.05, 0.1) is 35.0 Å². The quantitative estimate of drug-likeness (QED) is 0.826. The van der Waals surface area contributed by atoms with Crippen molar-refractivity contribution in [3.05, 3.63) is 22.2 Å². The van der Waals surface area contributed by atoms with E-state index in [0.717, 1.165) is 4.31 Å². The van der Waals surface area contributed by atoms with Crippen LogP contribution >= 0.6 is 23.2 Å². The molecule has 0 aliphatic carbocycles. The molecular formula is C11H11Cl2N3O3S. The Morgan fingerprint density at radius 2 is 2.15 bits per heavy atom. The van der Waals surface area contributed by atoms with Crippen molar-refractivity contribution in [2.24, 2.45) is 0 Å². The second kappa shape index (κ2) is 5.76. The molecule has 1 aliphatic heterocycles. The monoisotopic (exact) mass is 335 g/mol. The molecule has 2 N–H and O–H groups in total. The summed E-state index contributed by atoms with van der Waals surface area (Å²) in [5.74, 6) is 0. The summed E-state index contributed by atoms with van der Waals surface area (Å²) >= 11 is 11.7. The Balaban J connectivity index is 2.41. The predicted octanol–water partition coefficient (Wildman–Crippen LogP) is 1.49. The number of ether oxygens (including phenoxy) is 1. The van der Waals surface area contributed by atoms with E-state index >= 15 is 0 Å². The number of nitrogen functional groups attached to an aromatic ring is 1. The lowest BCUT2D eigenvalue weighted by Gasteiger charge is -2.29. The topological polar surface area (TPSA) is 96.4 Å².